The average Bonchev–Trinajstić information content (AvgIpc) is 2.20. The molecule has 1 unspecified atom stereocenters. The summed E-state index contributed by atoms with van der Waals surface area (Å²) in [5.74, 6) is -0.0298. The topological polar surface area (TPSA) is 29.1 Å². The van der Waals surface area contributed by atoms with Crippen molar-refractivity contribution in [3.05, 3.63) is 28.8 Å². The first-order valence-corrected chi connectivity index (χ1v) is 6.00. The van der Waals surface area contributed by atoms with E-state index in [1.807, 2.05) is 19.9 Å². The Labute approximate surface area is 106 Å². The minimum Gasteiger partial charge on any atom is -0.326 e. The second-order valence-corrected chi connectivity index (χ2v) is 5.01. The average molecular weight is 260 g/mol. The summed E-state index contributed by atoms with van der Waals surface area (Å²) in [6, 6.07) is 5.43. The minimum atomic E-state index is -0.0298. The molecule has 1 atom stereocenters. The molecule has 1 amide bonds. The third-order valence-electron chi connectivity index (χ3n) is 2.24. The van der Waals surface area contributed by atoms with Crippen LogP contribution in [0.5, 0.6) is 0 Å². The highest BCUT2D eigenvalue weighted by atomic mass is 35.5. The zero-order valence-electron chi connectivity index (χ0n) is 9.39. The van der Waals surface area contributed by atoms with Gasteiger partial charge in [0.05, 0.1) is 0 Å². The highest BCUT2D eigenvalue weighted by Gasteiger charge is 2.06. The van der Waals surface area contributed by atoms with Crippen LogP contribution in [0.25, 0.3) is 0 Å². The van der Waals surface area contributed by atoms with Crippen molar-refractivity contribution in [2.45, 2.75) is 32.1 Å². The van der Waals surface area contributed by atoms with Gasteiger partial charge in [-0.3, -0.25) is 4.79 Å². The molecular formula is C12H15Cl2NO. The maximum absolute atomic E-state index is 11.6. The van der Waals surface area contributed by atoms with Crippen LogP contribution in [0, 0.1) is 6.92 Å². The molecule has 1 aromatic rings. The second-order valence-electron chi connectivity index (χ2n) is 3.83. The van der Waals surface area contributed by atoms with Gasteiger partial charge in [0.25, 0.3) is 0 Å². The van der Waals surface area contributed by atoms with Crippen LogP contribution in [0.2, 0.25) is 5.02 Å². The van der Waals surface area contributed by atoms with Crippen LogP contribution in [0.3, 0.4) is 0 Å². The van der Waals surface area contributed by atoms with Crippen LogP contribution in [-0.2, 0) is 4.79 Å². The summed E-state index contributed by atoms with van der Waals surface area (Å²) in [5.41, 5.74) is 1.76. The summed E-state index contributed by atoms with van der Waals surface area (Å²) in [6.45, 7) is 3.80. The first-order valence-electron chi connectivity index (χ1n) is 5.19. The quantitative estimate of drug-likeness (QED) is 0.814. The standard InChI is InChI=1S/C12H15Cl2NO/c1-8-3-5-10(14)7-11(8)15-12(16)6-4-9(2)13/h3,5,7,9H,4,6H2,1-2H3,(H,15,16). The van der Waals surface area contributed by atoms with Gasteiger partial charge in [0.1, 0.15) is 0 Å². The molecule has 0 bridgehead atoms. The molecule has 1 N–H and O–H groups in total. The van der Waals surface area contributed by atoms with E-state index in [-0.39, 0.29) is 11.3 Å². The molecule has 0 aliphatic heterocycles. The lowest BCUT2D eigenvalue weighted by atomic mass is 10.2. The van der Waals surface area contributed by atoms with Crippen molar-refractivity contribution >= 4 is 34.8 Å². The summed E-state index contributed by atoms with van der Waals surface area (Å²) in [6.07, 6.45) is 1.10. The number of amides is 1. The molecule has 0 heterocycles. The molecule has 0 fully saturated rings. The lowest BCUT2D eigenvalue weighted by Gasteiger charge is -2.09. The third kappa shape index (κ3) is 4.42. The molecule has 88 valence electrons. The molecule has 1 aromatic carbocycles. The van der Waals surface area contributed by atoms with Gasteiger partial charge in [-0.05, 0) is 38.0 Å². The molecule has 0 spiro atoms. The summed E-state index contributed by atoms with van der Waals surface area (Å²) >= 11 is 11.6. The van der Waals surface area contributed by atoms with E-state index in [0.29, 0.717) is 17.9 Å². The van der Waals surface area contributed by atoms with Gasteiger partial charge in [0.2, 0.25) is 5.91 Å². The van der Waals surface area contributed by atoms with Crippen LogP contribution in [-0.4, -0.2) is 11.3 Å². The Hall–Kier alpha value is -0.730. The molecule has 0 aliphatic carbocycles. The van der Waals surface area contributed by atoms with Crippen LogP contribution in [0.15, 0.2) is 18.2 Å². The maximum Gasteiger partial charge on any atom is 0.224 e. The smallest absolute Gasteiger partial charge is 0.224 e. The van der Waals surface area contributed by atoms with Gasteiger partial charge in [-0.25, -0.2) is 0 Å². The van der Waals surface area contributed by atoms with Crippen molar-refractivity contribution in [3.63, 3.8) is 0 Å². The van der Waals surface area contributed by atoms with Gasteiger partial charge < -0.3 is 5.32 Å². The Morgan fingerprint density at radius 2 is 2.19 bits per heavy atom. The van der Waals surface area contributed by atoms with E-state index in [1.54, 1.807) is 12.1 Å². The van der Waals surface area contributed by atoms with Crippen molar-refractivity contribution < 1.29 is 4.79 Å². The van der Waals surface area contributed by atoms with Gasteiger partial charge in [0, 0.05) is 22.5 Å². The van der Waals surface area contributed by atoms with Gasteiger partial charge in [0.15, 0.2) is 0 Å². The van der Waals surface area contributed by atoms with Gasteiger partial charge >= 0.3 is 0 Å². The van der Waals surface area contributed by atoms with Crippen LogP contribution in [0.1, 0.15) is 25.3 Å². The van der Waals surface area contributed by atoms with E-state index in [4.69, 9.17) is 23.2 Å². The second kappa shape index (κ2) is 6.12. The fourth-order valence-electron chi connectivity index (χ4n) is 1.27. The fourth-order valence-corrected chi connectivity index (χ4v) is 1.55. The molecule has 2 nitrogen and oxygen atoms in total. The summed E-state index contributed by atoms with van der Waals surface area (Å²) in [4.78, 5) is 11.6. The molecule has 16 heavy (non-hydrogen) atoms. The lowest BCUT2D eigenvalue weighted by molar-refractivity contribution is -0.116. The molecule has 0 saturated heterocycles. The molecule has 4 heteroatoms. The number of carbonyl (C=O) groups is 1. The third-order valence-corrected chi connectivity index (χ3v) is 2.70. The predicted molar refractivity (Wildman–Crippen MR) is 69.4 cm³/mol. The molecule has 1 rings (SSSR count). The predicted octanol–water partition coefficient (Wildman–Crippen LogP) is 3.99. The first-order chi connectivity index (χ1) is 7.49. The van der Waals surface area contributed by atoms with Crippen molar-refractivity contribution in [2.24, 2.45) is 0 Å². The number of hydrogen-bond acceptors (Lipinski definition) is 1. The Morgan fingerprint density at radius 1 is 1.50 bits per heavy atom. The molecule has 0 aromatic heterocycles. The summed E-state index contributed by atoms with van der Waals surface area (Å²) < 4.78 is 0. The number of aryl methyl sites for hydroxylation is 1. The number of anilines is 1. The Bertz CT molecular complexity index is 377. The zero-order chi connectivity index (χ0) is 12.1. The zero-order valence-corrected chi connectivity index (χ0v) is 10.9. The highest BCUT2D eigenvalue weighted by molar-refractivity contribution is 6.31. The molecule has 0 aliphatic rings. The van der Waals surface area contributed by atoms with Gasteiger partial charge in [-0.1, -0.05) is 17.7 Å². The molecule has 0 radical (unpaired) electrons. The maximum atomic E-state index is 11.6. The number of carbonyl (C=O) groups excluding carboxylic acids is 1. The van der Waals surface area contributed by atoms with Crippen LogP contribution in [0.4, 0.5) is 5.69 Å². The van der Waals surface area contributed by atoms with Crippen LogP contribution < -0.4 is 5.32 Å². The minimum absolute atomic E-state index is 0.0196. The van der Waals surface area contributed by atoms with E-state index in [2.05, 4.69) is 5.32 Å². The fraction of sp³-hybridized carbons (Fsp3) is 0.417. The number of hydrogen-bond donors (Lipinski definition) is 1. The van der Waals surface area contributed by atoms with Gasteiger partial charge in [-0.15, -0.1) is 11.6 Å². The normalized spacial score (nSPS) is 12.2. The lowest BCUT2D eigenvalue weighted by Crippen LogP contribution is -2.13. The Balaban J connectivity index is 2.59. The van der Waals surface area contributed by atoms with E-state index in [9.17, 15) is 4.79 Å². The molecular weight excluding hydrogens is 245 g/mol. The highest BCUT2D eigenvalue weighted by Crippen LogP contribution is 2.20. The number of rotatable bonds is 4. The Kier molecular flexibility index (Phi) is 5.10. The molecule has 0 saturated carbocycles. The van der Waals surface area contributed by atoms with Crippen molar-refractivity contribution in [3.8, 4) is 0 Å². The number of alkyl halides is 1. The van der Waals surface area contributed by atoms with Crippen LogP contribution >= 0.6 is 23.2 Å². The van der Waals surface area contributed by atoms with E-state index in [0.717, 1.165) is 11.3 Å². The van der Waals surface area contributed by atoms with Crippen molar-refractivity contribution in [2.75, 3.05) is 5.32 Å². The summed E-state index contributed by atoms with van der Waals surface area (Å²) in [5, 5.41) is 3.46. The number of halogens is 2. The van der Waals surface area contributed by atoms with Crippen molar-refractivity contribution in [1.29, 1.82) is 0 Å². The van der Waals surface area contributed by atoms with E-state index >= 15 is 0 Å². The van der Waals surface area contributed by atoms with E-state index < -0.39 is 0 Å². The summed E-state index contributed by atoms with van der Waals surface area (Å²) in [7, 11) is 0. The largest absolute Gasteiger partial charge is 0.326 e. The monoisotopic (exact) mass is 259 g/mol. The first kappa shape index (κ1) is 13.3. The van der Waals surface area contributed by atoms with Crippen molar-refractivity contribution in [1.82, 2.24) is 0 Å². The van der Waals surface area contributed by atoms with E-state index in [1.165, 1.54) is 0 Å². The Morgan fingerprint density at radius 3 is 2.81 bits per heavy atom. The number of benzene rings is 1. The number of nitrogens with one attached hydrogen (secondary N) is 1. The van der Waals surface area contributed by atoms with Gasteiger partial charge in [-0.2, -0.15) is 0 Å². The SMILES string of the molecule is Cc1ccc(Cl)cc1NC(=O)CCC(C)Cl.